The first-order valence-electron chi connectivity index (χ1n) is 6.31. The maximum Gasteiger partial charge on any atom is 0.0320 e. The van der Waals surface area contributed by atoms with E-state index in [-0.39, 0.29) is 0 Å². The second-order valence-corrected chi connectivity index (χ2v) is 7.41. The fourth-order valence-electron chi connectivity index (χ4n) is 2.91. The molecule has 1 heterocycles. The average molecular weight is 245 g/mol. The molecule has 3 atom stereocenters. The normalized spacial score (nSPS) is 35.6. The molecule has 1 saturated heterocycles. The molecule has 1 nitrogen and oxygen atoms in total. The van der Waals surface area contributed by atoms with Gasteiger partial charge in [-0.2, -0.15) is 23.5 Å². The molecule has 0 aromatic heterocycles. The topological polar surface area (TPSA) is 26.0 Å². The molecular formula is C12H23NS2. The number of thioether (sulfide) groups is 2. The molecule has 2 rings (SSSR count). The Morgan fingerprint density at radius 2 is 1.87 bits per heavy atom. The van der Waals surface area contributed by atoms with Crippen LogP contribution in [-0.2, 0) is 0 Å². The number of rotatable bonds is 3. The van der Waals surface area contributed by atoms with Crippen LogP contribution in [0.5, 0.6) is 0 Å². The van der Waals surface area contributed by atoms with Crippen molar-refractivity contribution in [3.8, 4) is 0 Å². The van der Waals surface area contributed by atoms with Crippen molar-refractivity contribution in [3.63, 3.8) is 0 Å². The first kappa shape index (κ1) is 12.1. The Balaban J connectivity index is 1.93. The van der Waals surface area contributed by atoms with Crippen LogP contribution >= 0.6 is 23.5 Å². The molecule has 0 radical (unpaired) electrons. The van der Waals surface area contributed by atoms with Crippen LogP contribution in [0.4, 0.5) is 0 Å². The van der Waals surface area contributed by atoms with E-state index in [9.17, 15) is 0 Å². The summed E-state index contributed by atoms with van der Waals surface area (Å²) in [5, 5.41) is 1.55. The molecule has 1 saturated carbocycles. The predicted molar refractivity (Wildman–Crippen MR) is 72.7 cm³/mol. The lowest BCUT2D eigenvalue weighted by Gasteiger charge is -2.36. The summed E-state index contributed by atoms with van der Waals surface area (Å²) < 4.78 is 0. The lowest BCUT2D eigenvalue weighted by atomic mass is 9.94. The van der Waals surface area contributed by atoms with Crippen LogP contribution < -0.4 is 5.73 Å². The number of hydrogen-bond acceptors (Lipinski definition) is 3. The summed E-state index contributed by atoms with van der Waals surface area (Å²) in [6, 6.07) is 0.468. The Labute approximate surface area is 102 Å². The highest BCUT2D eigenvalue weighted by molar-refractivity contribution is 8.07. The van der Waals surface area contributed by atoms with Crippen LogP contribution in [0.25, 0.3) is 0 Å². The molecule has 0 amide bonds. The van der Waals surface area contributed by atoms with Crippen molar-refractivity contribution in [2.45, 2.75) is 55.6 Å². The Morgan fingerprint density at radius 3 is 2.53 bits per heavy atom. The highest BCUT2D eigenvalue weighted by atomic mass is 32.2. The molecule has 3 heteroatoms. The molecule has 0 bridgehead atoms. The van der Waals surface area contributed by atoms with Crippen molar-refractivity contribution < 1.29 is 0 Å². The molecule has 2 aliphatic rings. The van der Waals surface area contributed by atoms with Gasteiger partial charge in [0, 0.05) is 28.0 Å². The zero-order valence-electron chi connectivity index (χ0n) is 9.65. The van der Waals surface area contributed by atoms with Crippen molar-refractivity contribution in [1.29, 1.82) is 0 Å². The first-order chi connectivity index (χ1) is 7.33. The smallest absolute Gasteiger partial charge is 0.0320 e. The Kier molecular flexibility index (Phi) is 4.71. The number of hydrogen-bond donors (Lipinski definition) is 1. The van der Waals surface area contributed by atoms with E-state index in [4.69, 9.17) is 5.73 Å². The van der Waals surface area contributed by atoms with E-state index in [0.29, 0.717) is 6.04 Å². The zero-order chi connectivity index (χ0) is 10.7. The first-order valence-corrected chi connectivity index (χ1v) is 8.41. The number of nitrogens with two attached hydrogens (primary N) is 1. The summed E-state index contributed by atoms with van der Waals surface area (Å²) in [5.74, 6) is 3.47. The fraction of sp³-hybridized carbons (Fsp3) is 1.00. The molecule has 0 spiro atoms. The molecule has 2 fully saturated rings. The summed E-state index contributed by atoms with van der Waals surface area (Å²) in [5.41, 5.74) is 6.49. The van der Waals surface area contributed by atoms with Crippen LogP contribution in [0.1, 0.15) is 39.0 Å². The third-order valence-corrected chi connectivity index (χ3v) is 7.21. The van der Waals surface area contributed by atoms with Gasteiger partial charge in [0.1, 0.15) is 0 Å². The fourth-order valence-corrected chi connectivity index (χ4v) is 6.18. The zero-order valence-corrected chi connectivity index (χ0v) is 11.3. The van der Waals surface area contributed by atoms with E-state index < -0.39 is 0 Å². The van der Waals surface area contributed by atoms with Crippen molar-refractivity contribution >= 4 is 23.5 Å². The molecule has 3 unspecified atom stereocenters. The van der Waals surface area contributed by atoms with Crippen molar-refractivity contribution in [2.75, 3.05) is 11.5 Å². The van der Waals surface area contributed by atoms with Crippen LogP contribution in [-0.4, -0.2) is 28.0 Å². The van der Waals surface area contributed by atoms with Gasteiger partial charge in [-0.05, 0) is 25.2 Å². The SMILES string of the molecule is CCC1SCCSC1C(N)C1CCCC1. The van der Waals surface area contributed by atoms with E-state index in [0.717, 1.165) is 16.4 Å². The third-order valence-electron chi connectivity index (χ3n) is 3.82. The van der Waals surface area contributed by atoms with Crippen LogP contribution in [0.2, 0.25) is 0 Å². The van der Waals surface area contributed by atoms with Gasteiger partial charge >= 0.3 is 0 Å². The summed E-state index contributed by atoms with van der Waals surface area (Å²) in [6.45, 7) is 2.32. The molecule has 2 N–H and O–H groups in total. The molecule has 1 aliphatic heterocycles. The minimum atomic E-state index is 0.468. The van der Waals surface area contributed by atoms with Crippen LogP contribution in [0.3, 0.4) is 0 Å². The Hall–Kier alpha value is 0.660. The Morgan fingerprint density at radius 1 is 1.20 bits per heavy atom. The molecule has 0 aromatic carbocycles. The lowest BCUT2D eigenvalue weighted by molar-refractivity contribution is 0.412. The second-order valence-electron chi connectivity index (χ2n) is 4.77. The average Bonchev–Trinajstić information content (AvgIpc) is 2.81. The van der Waals surface area contributed by atoms with Gasteiger partial charge in [-0.3, -0.25) is 0 Å². The monoisotopic (exact) mass is 245 g/mol. The van der Waals surface area contributed by atoms with Gasteiger partial charge < -0.3 is 5.73 Å². The molecule has 88 valence electrons. The van der Waals surface area contributed by atoms with Gasteiger partial charge in [-0.15, -0.1) is 0 Å². The molecule has 15 heavy (non-hydrogen) atoms. The summed E-state index contributed by atoms with van der Waals surface area (Å²) in [4.78, 5) is 0. The van der Waals surface area contributed by atoms with Gasteiger partial charge in [-0.25, -0.2) is 0 Å². The Bertz CT molecular complexity index is 192. The minimum Gasteiger partial charge on any atom is -0.326 e. The summed E-state index contributed by atoms with van der Waals surface area (Å²) in [6.07, 6.45) is 6.90. The van der Waals surface area contributed by atoms with Gasteiger partial charge in [0.15, 0.2) is 0 Å². The maximum absolute atomic E-state index is 6.49. The quantitative estimate of drug-likeness (QED) is 0.827. The standard InChI is InChI=1S/C12H23NS2/c1-2-10-12(15-8-7-14-10)11(13)9-5-3-4-6-9/h9-12H,2-8,13H2,1H3. The van der Waals surface area contributed by atoms with Gasteiger partial charge in [0.25, 0.3) is 0 Å². The summed E-state index contributed by atoms with van der Waals surface area (Å²) in [7, 11) is 0. The largest absolute Gasteiger partial charge is 0.326 e. The molecule has 1 aliphatic carbocycles. The van der Waals surface area contributed by atoms with Gasteiger partial charge in [-0.1, -0.05) is 19.8 Å². The third kappa shape index (κ3) is 2.86. The van der Waals surface area contributed by atoms with Gasteiger partial charge in [0.05, 0.1) is 0 Å². The molecule has 0 aromatic rings. The highest BCUT2D eigenvalue weighted by Crippen LogP contribution is 2.39. The van der Waals surface area contributed by atoms with E-state index >= 15 is 0 Å². The van der Waals surface area contributed by atoms with Crippen molar-refractivity contribution in [3.05, 3.63) is 0 Å². The minimum absolute atomic E-state index is 0.468. The van der Waals surface area contributed by atoms with Crippen LogP contribution in [0.15, 0.2) is 0 Å². The van der Waals surface area contributed by atoms with E-state index in [1.807, 2.05) is 0 Å². The van der Waals surface area contributed by atoms with Gasteiger partial charge in [0.2, 0.25) is 0 Å². The second kappa shape index (κ2) is 5.83. The van der Waals surface area contributed by atoms with Crippen LogP contribution in [0, 0.1) is 5.92 Å². The van der Waals surface area contributed by atoms with Crippen molar-refractivity contribution in [2.24, 2.45) is 11.7 Å². The lowest BCUT2D eigenvalue weighted by Crippen LogP contribution is -2.45. The van der Waals surface area contributed by atoms with E-state index in [2.05, 4.69) is 30.4 Å². The predicted octanol–water partition coefficient (Wildman–Crippen LogP) is 3.13. The van der Waals surface area contributed by atoms with Crippen molar-refractivity contribution in [1.82, 2.24) is 0 Å². The highest BCUT2D eigenvalue weighted by Gasteiger charge is 2.35. The maximum atomic E-state index is 6.49. The molecular weight excluding hydrogens is 222 g/mol. The summed E-state index contributed by atoms with van der Waals surface area (Å²) >= 11 is 4.30. The van der Waals surface area contributed by atoms with E-state index in [1.165, 1.54) is 43.6 Å². The van der Waals surface area contributed by atoms with E-state index in [1.54, 1.807) is 0 Å².